The van der Waals surface area contributed by atoms with Crippen molar-refractivity contribution in [3.63, 3.8) is 0 Å². The minimum absolute atomic E-state index is 0. The van der Waals surface area contributed by atoms with Crippen LogP contribution in [-0.2, 0) is 14.0 Å². The average Bonchev–Trinajstić information content (AvgIpc) is 3.76. The Bertz CT molecular complexity index is 1090. The van der Waals surface area contributed by atoms with Gasteiger partial charge in [0.2, 0.25) is 11.8 Å². The van der Waals surface area contributed by atoms with E-state index in [1.807, 2.05) is 41.5 Å². The van der Waals surface area contributed by atoms with Crippen molar-refractivity contribution in [2.24, 2.45) is 43.0 Å². The highest BCUT2D eigenvalue weighted by atomic mass is 32.2. The fraction of sp³-hybridized carbons (Fsp3) is 0.571. The van der Waals surface area contributed by atoms with E-state index in [0.717, 1.165) is 34.2 Å². The standard InChI is InChI=1S/2C6H10N2O.C6H10N2S.C5H10N2OS.C4H8N4.CH4/c3*1-4(2)6-7-5(3)9-8-6;1-4(2)5-6-8-9(3)7-5;1-3(2)4-5-7-8-6-4;/h3*4H,3H2,1-2H3,(H,7,8);4H,3H2,1-2H3,(H,6,7);3H,1-2H3,(H,5,6,7,8);1H4. The predicted molar refractivity (Wildman–Crippen MR) is 190 cm³/mol. The van der Waals surface area contributed by atoms with Crippen molar-refractivity contribution in [3.8, 4) is 0 Å². The van der Waals surface area contributed by atoms with Crippen LogP contribution in [0.4, 0.5) is 0 Å². The second-order valence-corrected chi connectivity index (χ2v) is 12.7. The monoisotopic (exact) mass is 668 g/mol. The zero-order chi connectivity index (χ0) is 33.4. The minimum atomic E-state index is -0.497. The number of aromatic amines is 1. The number of rotatable bonds is 5. The summed E-state index contributed by atoms with van der Waals surface area (Å²) in [7, 11) is -0.497. The molecule has 0 saturated carbocycles. The summed E-state index contributed by atoms with van der Waals surface area (Å²) in [5, 5.41) is 14.2. The molecule has 0 aliphatic carbocycles. The van der Waals surface area contributed by atoms with Crippen molar-refractivity contribution in [1.29, 1.82) is 0 Å². The first-order valence-corrected chi connectivity index (χ1v) is 16.1. The summed E-state index contributed by atoms with van der Waals surface area (Å²) in [5.41, 5.74) is 8.02. The van der Waals surface area contributed by atoms with Gasteiger partial charge in [-0.3, -0.25) is 0 Å². The molecule has 0 saturated heterocycles. The Labute approximate surface area is 275 Å². The summed E-state index contributed by atoms with van der Waals surface area (Å²) < 4.78 is 12.1. The maximum Gasteiger partial charge on any atom is 0.240 e. The Morgan fingerprint density at radius 3 is 1.33 bits per heavy atom. The van der Waals surface area contributed by atoms with Gasteiger partial charge in [-0.2, -0.15) is 23.9 Å². The molecule has 5 N–H and O–H groups in total. The number of nitrogens with zero attached hydrogens (tertiary/aromatic N) is 7. The number of tetrazole rings is 1. The van der Waals surface area contributed by atoms with Crippen LogP contribution < -0.4 is 21.2 Å². The predicted octanol–water partition coefficient (Wildman–Crippen LogP) is 5.92. The number of H-pyrrole nitrogens is 1. The van der Waals surface area contributed by atoms with Crippen LogP contribution in [0.15, 0.2) is 55.9 Å². The van der Waals surface area contributed by atoms with Crippen LogP contribution >= 0.6 is 22.9 Å². The average molecular weight is 669 g/mol. The lowest BCUT2D eigenvalue weighted by atomic mass is 10.2. The molecule has 0 spiro atoms. The Morgan fingerprint density at radius 1 is 0.667 bits per heavy atom. The molecule has 1 atom stereocenters. The molecule has 17 heteroatoms. The third-order valence-corrected chi connectivity index (χ3v) is 6.38. The summed E-state index contributed by atoms with van der Waals surface area (Å²) in [6.45, 7) is 31.2. The Morgan fingerprint density at radius 2 is 1.16 bits per heavy atom. The number of amidine groups is 4. The third kappa shape index (κ3) is 16.8. The van der Waals surface area contributed by atoms with Crippen LogP contribution in [0.1, 0.15) is 88.4 Å². The first-order chi connectivity index (χ1) is 20.6. The smallest absolute Gasteiger partial charge is 0.240 e. The summed E-state index contributed by atoms with van der Waals surface area (Å²) in [6.07, 6.45) is 0. The summed E-state index contributed by atoms with van der Waals surface area (Å²) in [4.78, 5) is 21.7. The summed E-state index contributed by atoms with van der Waals surface area (Å²) in [5.74, 6) is 10.9. The van der Waals surface area contributed by atoms with Crippen LogP contribution in [0.5, 0.6) is 0 Å². The molecule has 0 amide bonds. The van der Waals surface area contributed by atoms with Gasteiger partial charge in [0.15, 0.2) is 5.82 Å². The normalized spacial score (nSPS) is 17.6. The lowest BCUT2D eigenvalue weighted by molar-refractivity contribution is 0.176. The Balaban J connectivity index is 0.000000535. The van der Waals surface area contributed by atoms with E-state index in [2.05, 4.69) is 114 Å². The van der Waals surface area contributed by atoms with Gasteiger partial charge in [-0.25, -0.2) is 21.4 Å². The lowest BCUT2D eigenvalue weighted by Crippen LogP contribution is -2.21. The van der Waals surface area contributed by atoms with Crippen LogP contribution in [0, 0.1) is 23.7 Å². The molecule has 1 aromatic rings. The van der Waals surface area contributed by atoms with Gasteiger partial charge >= 0.3 is 0 Å². The summed E-state index contributed by atoms with van der Waals surface area (Å²) in [6, 6.07) is 0. The number of hydrogen-bond donors (Lipinski definition) is 5. The highest BCUT2D eigenvalue weighted by molar-refractivity contribution is 8.09. The fourth-order valence-corrected chi connectivity index (χ4v) is 3.82. The van der Waals surface area contributed by atoms with Gasteiger partial charge in [-0.1, -0.05) is 88.5 Å². The molecule has 254 valence electrons. The van der Waals surface area contributed by atoms with Gasteiger partial charge in [0.1, 0.15) is 28.4 Å². The molecule has 0 radical (unpaired) electrons. The Kier molecular flexibility index (Phi) is 19.4. The highest BCUT2D eigenvalue weighted by Gasteiger charge is 2.14. The first-order valence-electron chi connectivity index (χ1n) is 14.0. The largest absolute Gasteiger partial charge is 0.361 e. The van der Waals surface area contributed by atoms with Crippen molar-refractivity contribution >= 4 is 52.1 Å². The molecule has 1 unspecified atom stereocenters. The van der Waals surface area contributed by atoms with E-state index in [9.17, 15) is 0 Å². The molecule has 5 rings (SSSR count). The van der Waals surface area contributed by atoms with E-state index >= 15 is 0 Å². The van der Waals surface area contributed by atoms with Gasteiger partial charge < -0.3 is 14.4 Å². The van der Waals surface area contributed by atoms with Crippen LogP contribution in [-0.4, -0.2) is 49.8 Å². The number of nitrogens with one attached hydrogen (secondary N) is 5. The second-order valence-electron chi connectivity index (χ2n) is 10.8. The molecule has 15 nitrogen and oxygen atoms in total. The fourth-order valence-electron chi connectivity index (χ4n) is 2.49. The van der Waals surface area contributed by atoms with Gasteiger partial charge in [0.05, 0.1) is 11.0 Å². The molecule has 0 bridgehead atoms. The molecule has 1 aromatic heterocycles. The molecular formula is C28H52N12O3S2. The summed E-state index contributed by atoms with van der Waals surface area (Å²) >= 11 is 1.49. The highest BCUT2D eigenvalue weighted by Crippen LogP contribution is 2.20. The van der Waals surface area contributed by atoms with Gasteiger partial charge in [0.25, 0.3) is 0 Å². The number of hydroxylamine groups is 3. The third-order valence-electron chi connectivity index (χ3n) is 5.06. The van der Waals surface area contributed by atoms with Crippen molar-refractivity contribution < 1.29 is 14.0 Å². The zero-order valence-corrected chi connectivity index (χ0v) is 29.0. The van der Waals surface area contributed by atoms with Crippen molar-refractivity contribution in [2.45, 2.75) is 82.6 Å². The van der Waals surface area contributed by atoms with E-state index in [1.54, 1.807) is 0 Å². The van der Waals surface area contributed by atoms with Crippen LogP contribution in [0.2, 0.25) is 0 Å². The van der Waals surface area contributed by atoms with Crippen molar-refractivity contribution in [2.75, 3.05) is 0 Å². The molecule has 0 fully saturated rings. The van der Waals surface area contributed by atoms with Crippen molar-refractivity contribution in [1.82, 2.24) is 41.8 Å². The van der Waals surface area contributed by atoms with Gasteiger partial charge in [0, 0.05) is 41.5 Å². The molecule has 0 aromatic carbocycles. The number of aromatic nitrogens is 4. The lowest BCUT2D eigenvalue weighted by Gasteiger charge is -2.01. The van der Waals surface area contributed by atoms with Crippen molar-refractivity contribution in [3.05, 3.63) is 42.4 Å². The SMILES string of the molecule is C.C=C1N=C(C(C)C)NO1.C=C1N=C(C(C)C)NO1.C=C1N=C(C(C)C)NS1.C=S1N=C(C(C)C)NO1.CC(C)c1nn[nH]n1. The number of hydrogen-bond acceptors (Lipinski definition) is 15. The molecular weight excluding hydrogens is 617 g/mol. The topological polar surface area (TPSA) is 180 Å². The Hall–Kier alpha value is -3.70. The van der Waals surface area contributed by atoms with E-state index in [4.69, 9.17) is 14.0 Å². The maximum atomic E-state index is 4.89. The molecule has 4 aliphatic rings. The van der Waals surface area contributed by atoms with E-state index in [0.29, 0.717) is 41.4 Å². The number of aliphatic imine (C=N–C) groups is 3. The van der Waals surface area contributed by atoms with E-state index in [1.165, 1.54) is 11.9 Å². The van der Waals surface area contributed by atoms with Crippen LogP contribution in [0.25, 0.3) is 0 Å². The van der Waals surface area contributed by atoms with Gasteiger partial charge in [-0.15, -0.1) is 10.2 Å². The molecule has 4 aliphatic heterocycles. The van der Waals surface area contributed by atoms with E-state index < -0.39 is 11.0 Å². The quantitative estimate of drug-likeness (QED) is 0.186. The zero-order valence-electron chi connectivity index (χ0n) is 27.4. The van der Waals surface area contributed by atoms with E-state index in [-0.39, 0.29) is 7.43 Å². The second kappa shape index (κ2) is 21.1. The molecule has 45 heavy (non-hydrogen) atoms. The van der Waals surface area contributed by atoms with Crippen LogP contribution in [0.3, 0.4) is 0 Å². The molecule has 5 heterocycles. The maximum absolute atomic E-state index is 4.89. The minimum Gasteiger partial charge on any atom is -0.361 e. The van der Waals surface area contributed by atoms with Gasteiger partial charge in [-0.05, 0) is 19.0 Å². The first kappa shape index (κ1) is 41.3.